The van der Waals surface area contributed by atoms with Crippen molar-refractivity contribution in [3.8, 4) is 11.5 Å². The fourth-order valence-corrected chi connectivity index (χ4v) is 4.92. The van der Waals surface area contributed by atoms with Gasteiger partial charge in [0.1, 0.15) is 17.0 Å². The van der Waals surface area contributed by atoms with E-state index in [1.807, 2.05) is 16.7 Å². The molecule has 1 saturated heterocycles. The summed E-state index contributed by atoms with van der Waals surface area (Å²) in [6, 6.07) is 3.88. The van der Waals surface area contributed by atoms with Crippen molar-refractivity contribution in [1.82, 2.24) is 19.4 Å². The van der Waals surface area contributed by atoms with Crippen molar-refractivity contribution in [3.63, 3.8) is 0 Å². The van der Waals surface area contributed by atoms with E-state index in [1.54, 1.807) is 19.5 Å². The Bertz CT molecular complexity index is 1280. The fourth-order valence-electron chi connectivity index (χ4n) is 4.28. The number of ether oxygens (including phenoxy) is 3. The van der Waals surface area contributed by atoms with Gasteiger partial charge in [0, 0.05) is 50.5 Å². The molecule has 2 N–H and O–H groups in total. The first-order valence-electron chi connectivity index (χ1n) is 11.7. The normalized spacial score (nSPS) is 16.2. The van der Waals surface area contributed by atoms with Gasteiger partial charge in [-0.2, -0.15) is 4.99 Å². The molecule has 4 heterocycles. The molecule has 35 heavy (non-hydrogen) atoms. The maximum Gasteiger partial charge on any atom is 0.299 e. The van der Waals surface area contributed by atoms with Gasteiger partial charge in [0.15, 0.2) is 16.6 Å². The summed E-state index contributed by atoms with van der Waals surface area (Å²) in [5, 5.41) is 9.55. The zero-order chi connectivity index (χ0) is 24.2. The summed E-state index contributed by atoms with van der Waals surface area (Å²) in [6.45, 7) is 6.40. The Morgan fingerprint density at radius 1 is 1.29 bits per heavy atom. The highest BCUT2D eigenvalue weighted by Crippen LogP contribution is 2.37. The number of morpholine rings is 1. The minimum absolute atomic E-state index is 0.283. The predicted octanol–water partition coefficient (Wildman–Crippen LogP) is 1.81. The van der Waals surface area contributed by atoms with Crippen LogP contribution >= 0.6 is 11.3 Å². The largest absolute Gasteiger partial charge is 0.491 e. The van der Waals surface area contributed by atoms with Crippen molar-refractivity contribution in [2.24, 2.45) is 4.99 Å². The molecule has 186 valence electrons. The van der Waals surface area contributed by atoms with E-state index in [9.17, 15) is 4.79 Å². The van der Waals surface area contributed by atoms with Gasteiger partial charge in [-0.1, -0.05) is 0 Å². The first kappa shape index (κ1) is 23.5. The summed E-state index contributed by atoms with van der Waals surface area (Å²) in [6.07, 6.45) is 0.896. The molecule has 2 aliphatic rings. The second-order valence-corrected chi connectivity index (χ2v) is 9.05. The summed E-state index contributed by atoms with van der Waals surface area (Å²) in [5.41, 5.74) is 1.19. The minimum atomic E-state index is -0.439. The zero-order valence-corrected chi connectivity index (χ0v) is 20.7. The third-order valence-electron chi connectivity index (χ3n) is 6.02. The number of nitrogens with one attached hydrogen (secondary N) is 2. The van der Waals surface area contributed by atoms with Crippen molar-refractivity contribution < 1.29 is 19.0 Å². The molecule has 1 amide bonds. The number of hydrogen-bond donors (Lipinski definition) is 2. The van der Waals surface area contributed by atoms with Gasteiger partial charge < -0.3 is 24.8 Å². The molecular formula is C23H29N7O4S. The molecule has 5 rings (SSSR count). The topological polar surface area (TPSA) is 115 Å². The van der Waals surface area contributed by atoms with Crippen molar-refractivity contribution in [1.29, 1.82) is 0 Å². The van der Waals surface area contributed by atoms with Gasteiger partial charge in [-0.05, 0) is 18.6 Å². The highest BCUT2D eigenvalue weighted by atomic mass is 32.1. The summed E-state index contributed by atoms with van der Waals surface area (Å²) in [7, 11) is 3.36. The highest BCUT2D eigenvalue weighted by Gasteiger charge is 2.21. The average Bonchev–Trinajstić information content (AvgIpc) is 3.57. The first-order valence-corrected chi connectivity index (χ1v) is 12.6. The third-order valence-corrected chi connectivity index (χ3v) is 6.88. The molecule has 0 atom stereocenters. The summed E-state index contributed by atoms with van der Waals surface area (Å²) in [5.74, 6) is 1.56. The van der Waals surface area contributed by atoms with E-state index in [0.717, 1.165) is 57.0 Å². The van der Waals surface area contributed by atoms with Crippen LogP contribution < -0.4 is 25.7 Å². The smallest absolute Gasteiger partial charge is 0.299 e. The summed E-state index contributed by atoms with van der Waals surface area (Å²) < 4.78 is 19.1. The molecule has 3 aromatic rings. The van der Waals surface area contributed by atoms with Gasteiger partial charge >= 0.3 is 0 Å². The van der Waals surface area contributed by atoms with Crippen molar-refractivity contribution >= 4 is 39.1 Å². The van der Waals surface area contributed by atoms with Gasteiger partial charge in [-0.3, -0.25) is 14.3 Å². The van der Waals surface area contributed by atoms with E-state index in [4.69, 9.17) is 19.2 Å². The molecule has 0 bridgehead atoms. The second-order valence-electron chi connectivity index (χ2n) is 8.19. The van der Waals surface area contributed by atoms with Crippen LogP contribution in [-0.2, 0) is 11.3 Å². The van der Waals surface area contributed by atoms with E-state index in [0.29, 0.717) is 40.9 Å². The maximum absolute atomic E-state index is 12.8. The second kappa shape index (κ2) is 10.6. The van der Waals surface area contributed by atoms with E-state index in [-0.39, 0.29) is 5.69 Å². The Morgan fingerprint density at radius 2 is 2.14 bits per heavy atom. The zero-order valence-electron chi connectivity index (χ0n) is 19.9. The predicted molar refractivity (Wildman–Crippen MR) is 134 cm³/mol. The van der Waals surface area contributed by atoms with Crippen LogP contribution in [0.4, 0.5) is 10.9 Å². The van der Waals surface area contributed by atoms with Crippen LogP contribution in [0.3, 0.4) is 0 Å². The molecule has 0 aliphatic carbocycles. The standard InChI is InChI=1S/C23H29N7O4S/c1-24-23-26-16(14-35-23)21(31)28-22-27-18-15(20-25-6-8-30(20)22)4-5-17(19(18)32-2)34-11-3-7-29-9-12-33-13-10-29/h4-5,14,25H,3,6-13H2,1-2H3,(H,24,26). The number of anilines is 2. The molecule has 0 spiro atoms. The molecule has 2 aromatic heterocycles. The van der Waals surface area contributed by atoms with Gasteiger partial charge in [0.05, 0.1) is 26.9 Å². The lowest BCUT2D eigenvalue weighted by Crippen LogP contribution is -2.37. The lowest BCUT2D eigenvalue weighted by Gasteiger charge is -2.26. The molecule has 0 unspecified atom stereocenters. The fraction of sp³-hybridized carbons (Fsp3) is 0.478. The van der Waals surface area contributed by atoms with E-state index >= 15 is 0 Å². The lowest BCUT2D eigenvalue weighted by molar-refractivity contribution is 0.0357. The number of thiazole rings is 1. The van der Waals surface area contributed by atoms with E-state index in [2.05, 4.69) is 25.5 Å². The minimum Gasteiger partial charge on any atom is -0.491 e. The number of methoxy groups -OCH3 is 1. The molecule has 1 fully saturated rings. The SMILES string of the molecule is CNc1nc(C(=O)N=c2nc3c(OC)c(OCCCN4CCOCC4)ccc3c3n2CCN3)cs1. The first-order chi connectivity index (χ1) is 17.2. The number of hydrogen-bond acceptors (Lipinski definition) is 10. The quantitative estimate of drug-likeness (QED) is 0.448. The van der Waals surface area contributed by atoms with Crippen LogP contribution in [0.15, 0.2) is 22.5 Å². The van der Waals surface area contributed by atoms with Gasteiger partial charge in [0.25, 0.3) is 5.91 Å². The number of fused-ring (bicyclic) bond motifs is 3. The summed E-state index contributed by atoms with van der Waals surface area (Å²) in [4.78, 5) is 28.5. The van der Waals surface area contributed by atoms with E-state index < -0.39 is 5.91 Å². The molecule has 0 saturated carbocycles. The number of nitrogens with zero attached hydrogens (tertiary/aromatic N) is 5. The number of amides is 1. The van der Waals surface area contributed by atoms with Crippen LogP contribution in [0, 0.1) is 0 Å². The van der Waals surface area contributed by atoms with Crippen molar-refractivity contribution in [2.45, 2.75) is 13.0 Å². The Balaban J connectivity index is 1.43. The average molecular weight is 500 g/mol. The van der Waals surface area contributed by atoms with Crippen LogP contribution in [0.2, 0.25) is 0 Å². The lowest BCUT2D eigenvalue weighted by atomic mass is 10.2. The number of carbonyl (C=O) groups excluding carboxylic acids is 1. The van der Waals surface area contributed by atoms with Crippen LogP contribution in [-0.4, -0.2) is 85.5 Å². The van der Waals surface area contributed by atoms with Crippen LogP contribution in [0.5, 0.6) is 11.5 Å². The molecule has 0 radical (unpaired) electrons. The number of carbonyl (C=O) groups is 1. The Labute approximate surface area is 206 Å². The summed E-state index contributed by atoms with van der Waals surface area (Å²) >= 11 is 1.35. The number of rotatable bonds is 8. The maximum atomic E-state index is 12.8. The van der Waals surface area contributed by atoms with E-state index in [1.165, 1.54) is 11.3 Å². The molecule has 12 heteroatoms. The monoisotopic (exact) mass is 499 g/mol. The third kappa shape index (κ3) is 4.95. The Hall–Kier alpha value is -3.22. The molecule has 2 aliphatic heterocycles. The van der Waals surface area contributed by atoms with Crippen molar-refractivity contribution in [2.75, 3.05) is 70.8 Å². The van der Waals surface area contributed by atoms with Crippen LogP contribution in [0.25, 0.3) is 10.9 Å². The molecular weight excluding hydrogens is 470 g/mol. The number of benzene rings is 1. The highest BCUT2D eigenvalue weighted by molar-refractivity contribution is 7.13. The molecule has 11 nitrogen and oxygen atoms in total. The molecule has 1 aromatic carbocycles. The van der Waals surface area contributed by atoms with Gasteiger partial charge in [0.2, 0.25) is 5.62 Å². The Kier molecular flexibility index (Phi) is 7.11. The number of aromatic nitrogens is 3. The Morgan fingerprint density at radius 3 is 2.91 bits per heavy atom. The van der Waals surface area contributed by atoms with Gasteiger partial charge in [-0.15, -0.1) is 11.3 Å². The van der Waals surface area contributed by atoms with Gasteiger partial charge in [-0.25, -0.2) is 9.97 Å². The van der Waals surface area contributed by atoms with Crippen molar-refractivity contribution in [3.05, 3.63) is 28.8 Å². The van der Waals surface area contributed by atoms with Crippen LogP contribution in [0.1, 0.15) is 16.9 Å².